The van der Waals surface area contributed by atoms with E-state index in [1.54, 1.807) is 0 Å². The van der Waals surface area contributed by atoms with Gasteiger partial charge < -0.3 is 5.32 Å². The molecule has 0 bridgehead atoms. The van der Waals surface area contributed by atoms with Crippen LogP contribution in [0.5, 0.6) is 0 Å². The lowest BCUT2D eigenvalue weighted by Gasteiger charge is -2.09. The molecule has 2 nitrogen and oxygen atoms in total. The summed E-state index contributed by atoms with van der Waals surface area (Å²) in [5.74, 6) is -0.0165. The Balaban J connectivity index is 2.84. The minimum absolute atomic E-state index is 0.0165. The Labute approximate surface area is 86.1 Å². The first kappa shape index (κ1) is 10.8. The van der Waals surface area contributed by atoms with Crippen LogP contribution in [0, 0.1) is 13.8 Å². The molecule has 3 heteroatoms. The van der Waals surface area contributed by atoms with Crippen LogP contribution in [0.3, 0.4) is 0 Å². The SMILES string of the molecule is [B]c1c(C)cc(CNC(C)=O)cc1C. The van der Waals surface area contributed by atoms with E-state index in [0.717, 1.165) is 22.2 Å². The van der Waals surface area contributed by atoms with Gasteiger partial charge >= 0.3 is 0 Å². The standard InChI is InChI=1S/C11H14BNO/c1-7-4-10(6-13-9(3)14)5-8(2)11(7)12/h4-5H,6H2,1-3H3,(H,13,14). The highest BCUT2D eigenvalue weighted by molar-refractivity contribution is 6.34. The van der Waals surface area contributed by atoms with Gasteiger partial charge in [0.1, 0.15) is 7.85 Å². The Kier molecular flexibility index (Phi) is 3.34. The third-order valence-corrected chi connectivity index (χ3v) is 2.19. The molecule has 1 amide bonds. The zero-order valence-electron chi connectivity index (χ0n) is 8.85. The summed E-state index contributed by atoms with van der Waals surface area (Å²) >= 11 is 0. The fourth-order valence-electron chi connectivity index (χ4n) is 1.39. The van der Waals surface area contributed by atoms with Gasteiger partial charge in [-0.05, 0) is 19.4 Å². The number of nitrogens with one attached hydrogen (secondary N) is 1. The van der Waals surface area contributed by atoms with Gasteiger partial charge in [-0.25, -0.2) is 0 Å². The molecule has 0 spiro atoms. The van der Waals surface area contributed by atoms with Gasteiger partial charge in [0.15, 0.2) is 0 Å². The van der Waals surface area contributed by atoms with Crippen LogP contribution in [0.15, 0.2) is 12.1 Å². The molecule has 1 aromatic carbocycles. The monoisotopic (exact) mass is 187 g/mol. The third-order valence-electron chi connectivity index (χ3n) is 2.19. The Hall–Kier alpha value is -1.25. The third kappa shape index (κ3) is 2.62. The van der Waals surface area contributed by atoms with Crippen molar-refractivity contribution in [2.45, 2.75) is 27.3 Å². The van der Waals surface area contributed by atoms with E-state index in [1.165, 1.54) is 6.92 Å². The minimum atomic E-state index is -0.0165. The summed E-state index contributed by atoms with van der Waals surface area (Å²) in [6, 6.07) is 4.00. The van der Waals surface area contributed by atoms with Gasteiger partial charge in [-0.2, -0.15) is 0 Å². The summed E-state index contributed by atoms with van der Waals surface area (Å²) in [6.45, 7) is 6.02. The summed E-state index contributed by atoms with van der Waals surface area (Å²) in [6.07, 6.45) is 0. The molecule has 0 aliphatic carbocycles. The minimum Gasteiger partial charge on any atom is -0.352 e. The molecular weight excluding hydrogens is 173 g/mol. The van der Waals surface area contributed by atoms with Gasteiger partial charge in [-0.1, -0.05) is 28.7 Å². The molecule has 2 radical (unpaired) electrons. The van der Waals surface area contributed by atoms with Crippen molar-refractivity contribution in [3.8, 4) is 0 Å². The predicted octanol–water partition coefficient (Wildman–Crippen LogP) is 0.733. The molecule has 0 aliphatic rings. The number of rotatable bonds is 2. The Bertz CT molecular complexity index is 337. The fraction of sp³-hybridized carbons (Fsp3) is 0.364. The van der Waals surface area contributed by atoms with E-state index in [1.807, 2.05) is 26.0 Å². The first-order valence-corrected chi connectivity index (χ1v) is 4.60. The highest BCUT2D eigenvalue weighted by atomic mass is 16.1. The van der Waals surface area contributed by atoms with E-state index < -0.39 is 0 Å². The van der Waals surface area contributed by atoms with Crippen LogP contribution in [0.25, 0.3) is 0 Å². The van der Waals surface area contributed by atoms with Crippen molar-refractivity contribution in [1.82, 2.24) is 5.32 Å². The van der Waals surface area contributed by atoms with E-state index in [2.05, 4.69) is 5.32 Å². The molecule has 14 heavy (non-hydrogen) atoms. The highest BCUT2D eigenvalue weighted by Gasteiger charge is 2.00. The summed E-state index contributed by atoms with van der Waals surface area (Å²) in [4.78, 5) is 10.7. The Morgan fingerprint density at radius 1 is 1.36 bits per heavy atom. The molecule has 1 aromatic rings. The van der Waals surface area contributed by atoms with Crippen LogP contribution in [0.2, 0.25) is 0 Å². The maximum atomic E-state index is 10.7. The molecule has 0 heterocycles. The second kappa shape index (κ2) is 4.31. The summed E-state index contributed by atoms with van der Waals surface area (Å²) in [5, 5.41) is 2.76. The topological polar surface area (TPSA) is 29.1 Å². The van der Waals surface area contributed by atoms with E-state index in [0.29, 0.717) is 6.54 Å². The number of aryl methyl sites for hydroxylation is 2. The maximum absolute atomic E-state index is 10.7. The molecule has 1 rings (SSSR count). The van der Waals surface area contributed by atoms with Crippen LogP contribution in [0.4, 0.5) is 0 Å². The van der Waals surface area contributed by atoms with Gasteiger partial charge in [0.05, 0.1) is 0 Å². The second-order valence-electron chi connectivity index (χ2n) is 3.55. The fourth-order valence-corrected chi connectivity index (χ4v) is 1.39. The van der Waals surface area contributed by atoms with E-state index in [9.17, 15) is 4.79 Å². The molecule has 0 unspecified atom stereocenters. The number of hydrogen-bond acceptors (Lipinski definition) is 1. The number of carbonyl (C=O) groups is 1. The lowest BCUT2D eigenvalue weighted by atomic mass is 9.85. The number of benzene rings is 1. The van der Waals surface area contributed by atoms with Gasteiger partial charge in [0, 0.05) is 13.5 Å². The van der Waals surface area contributed by atoms with Crippen LogP contribution in [0.1, 0.15) is 23.6 Å². The van der Waals surface area contributed by atoms with Crippen molar-refractivity contribution in [2.24, 2.45) is 0 Å². The molecule has 0 atom stereocenters. The first-order chi connectivity index (χ1) is 6.50. The lowest BCUT2D eigenvalue weighted by molar-refractivity contribution is -0.119. The normalized spacial score (nSPS) is 9.93. The lowest BCUT2D eigenvalue weighted by Crippen LogP contribution is -2.20. The van der Waals surface area contributed by atoms with Crippen molar-refractivity contribution in [3.05, 3.63) is 28.8 Å². The average Bonchev–Trinajstić information content (AvgIpc) is 2.10. The first-order valence-electron chi connectivity index (χ1n) is 4.60. The van der Waals surface area contributed by atoms with Crippen LogP contribution in [-0.2, 0) is 11.3 Å². The van der Waals surface area contributed by atoms with Gasteiger partial charge in [-0.3, -0.25) is 4.79 Å². The van der Waals surface area contributed by atoms with E-state index >= 15 is 0 Å². The highest BCUT2D eigenvalue weighted by Crippen LogP contribution is 2.05. The molecule has 0 aromatic heterocycles. The largest absolute Gasteiger partial charge is 0.352 e. The average molecular weight is 187 g/mol. The van der Waals surface area contributed by atoms with Crippen molar-refractivity contribution >= 4 is 19.2 Å². The van der Waals surface area contributed by atoms with E-state index in [4.69, 9.17) is 7.85 Å². The molecule has 0 fully saturated rings. The smallest absolute Gasteiger partial charge is 0.217 e. The molecule has 0 aliphatic heterocycles. The summed E-state index contributed by atoms with van der Waals surface area (Å²) < 4.78 is 0. The molecule has 1 N–H and O–H groups in total. The van der Waals surface area contributed by atoms with Gasteiger partial charge in [0.2, 0.25) is 5.91 Å². The molecule has 0 saturated heterocycles. The quantitative estimate of drug-likeness (QED) is 0.679. The van der Waals surface area contributed by atoms with E-state index in [-0.39, 0.29) is 5.91 Å². The van der Waals surface area contributed by atoms with Crippen molar-refractivity contribution in [1.29, 1.82) is 0 Å². The Morgan fingerprint density at radius 3 is 2.29 bits per heavy atom. The van der Waals surface area contributed by atoms with Crippen LogP contribution < -0.4 is 10.8 Å². The van der Waals surface area contributed by atoms with Crippen molar-refractivity contribution < 1.29 is 4.79 Å². The van der Waals surface area contributed by atoms with Crippen molar-refractivity contribution in [2.75, 3.05) is 0 Å². The zero-order chi connectivity index (χ0) is 10.7. The second-order valence-corrected chi connectivity index (χ2v) is 3.55. The Morgan fingerprint density at radius 2 is 1.86 bits per heavy atom. The van der Waals surface area contributed by atoms with Crippen LogP contribution >= 0.6 is 0 Å². The van der Waals surface area contributed by atoms with Crippen LogP contribution in [-0.4, -0.2) is 13.8 Å². The number of carbonyl (C=O) groups excluding carboxylic acids is 1. The maximum Gasteiger partial charge on any atom is 0.217 e. The summed E-state index contributed by atoms with van der Waals surface area (Å²) in [7, 11) is 5.82. The van der Waals surface area contributed by atoms with Gasteiger partial charge in [-0.15, -0.1) is 0 Å². The molecule has 0 saturated carbocycles. The zero-order valence-corrected chi connectivity index (χ0v) is 8.85. The van der Waals surface area contributed by atoms with Crippen molar-refractivity contribution in [3.63, 3.8) is 0 Å². The molecule has 72 valence electrons. The predicted molar refractivity (Wildman–Crippen MR) is 58.8 cm³/mol. The van der Waals surface area contributed by atoms with Gasteiger partial charge in [0.25, 0.3) is 0 Å². The summed E-state index contributed by atoms with van der Waals surface area (Å²) in [5.41, 5.74) is 4.04. The number of amides is 1. The number of hydrogen-bond donors (Lipinski definition) is 1. The molecular formula is C11H14BNO.